The summed E-state index contributed by atoms with van der Waals surface area (Å²) >= 11 is 1.37. The molecule has 118 valence electrons. The van der Waals surface area contributed by atoms with E-state index in [1.54, 1.807) is 0 Å². The molecular weight excluding hydrogens is 300 g/mol. The van der Waals surface area contributed by atoms with Crippen LogP contribution in [0.4, 0.5) is 0 Å². The smallest absolute Gasteiger partial charge is 0.263 e. The second kappa shape index (κ2) is 6.79. The van der Waals surface area contributed by atoms with Gasteiger partial charge < -0.3 is 15.5 Å². The summed E-state index contributed by atoms with van der Waals surface area (Å²) in [4.78, 5) is 17.4. The Morgan fingerprint density at radius 1 is 1.36 bits per heavy atom. The second-order valence-corrected chi connectivity index (χ2v) is 6.81. The summed E-state index contributed by atoms with van der Waals surface area (Å²) in [7, 11) is 0. The normalized spacial score (nSPS) is 10.9. The van der Waals surface area contributed by atoms with Gasteiger partial charge in [0.15, 0.2) is 0 Å². The van der Waals surface area contributed by atoms with E-state index in [-0.39, 0.29) is 24.0 Å². The van der Waals surface area contributed by atoms with Crippen LogP contribution in [0.5, 0.6) is 11.5 Å². The number of nitrogens with one attached hydrogen (secondary N) is 1. The molecule has 0 unspecified atom stereocenters. The molecule has 0 aliphatic heterocycles. The minimum Gasteiger partial charge on any atom is -0.508 e. The van der Waals surface area contributed by atoms with Crippen LogP contribution < -0.4 is 5.32 Å². The van der Waals surface area contributed by atoms with E-state index in [4.69, 9.17) is 0 Å². The maximum atomic E-state index is 12.3. The summed E-state index contributed by atoms with van der Waals surface area (Å²) < 4.78 is 0. The van der Waals surface area contributed by atoms with Gasteiger partial charge in [0.2, 0.25) is 0 Å². The molecule has 1 aromatic carbocycles. The number of carbonyl (C=O) groups is 1. The van der Waals surface area contributed by atoms with E-state index in [0.717, 1.165) is 17.1 Å². The van der Waals surface area contributed by atoms with Crippen LogP contribution in [-0.2, 0) is 13.0 Å². The molecule has 6 heteroatoms. The van der Waals surface area contributed by atoms with Gasteiger partial charge in [-0.25, -0.2) is 4.98 Å². The molecule has 0 saturated heterocycles. The van der Waals surface area contributed by atoms with Crippen LogP contribution in [0, 0.1) is 12.8 Å². The Bertz CT molecular complexity index is 680. The van der Waals surface area contributed by atoms with Gasteiger partial charge in [0.1, 0.15) is 16.4 Å². The minimum atomic E-state index is -0.205. The largest absolute Gasteiger partial charge is 0.508 e. The van der Waals surface area contributed by atoms with E-state index in [2.05, 4.69) is 24.1 Å². The summed E-state index contributed by atoms with van der Waals surface area (Å²) in [6.07, 6.45) is 0.754. The molecule has 0 fully saturated rings. The molecule has 0 spiro atoms. The number of thiazole rings is 1. The van der Waals surface area contributed by atoms with Gasteiger partial charge in [0.05, 0.1) is 10.7 Å². The Morgan fingerprint density at radius 3 is 2.77 bits per heavy atom. The first-order chi connectivity index (χ1) is 10.4. The zero-order chi connectivity index (χ0) is 16.3. The predicted molar refractivity (Wildman–Crippen MR) is 86.3 cm³/mol. The molecule has 1 aromatic heterocycles. The van der Waals surface area contributed by atoms with Crippen molar-refractivity contribution in [1.82, 2.24) is 10.3 Å². The van der Waals surface area contributed by atoms with Gasteiger partial charge in [-0.1, -0.05) is 13.8 Å². The first kappa shape index (κ1) is 16.3. The number of aromatic hydroxyl groups is 2. The Kier molecular flexibility index (Phi) is 5.03. The highest BCUT2D eigenvalue weighted by molar-refractivity contribution is 7.13. The molecule has 0 saturated carbocycles. The number of amides is 1. The number of aromatic nitrogens is 1. The number of phenols is 2. The van der Waals surface area contributed by atoms with E-state index in [0.29, 0.717) is 16.4 Å². The fraction of sp³-hybridized carbons (Fsp3) is 0.375. The molecule has 0 bridgehead atoms. The Labute approximate surface area is 133 Å². The van der Waals surface area contributed by atoms with Crippen molar-refractivity contribution in [2.75, 3.05) is 0 Å². The standard InChI is InChI=1S/C16H20N2O3S/c1-9(2)6-13-15(22-10(3)18-13)16(21)17-8-11-7-12(19)4-5-14(11)20/h4-5,7,9,19-20H,6,8H2,1-3H3,(H,17,21). The third-order valence-electron chi connectivity index (χ3n) is 3.11. The highest BCUT2D eigenvalue weighted by Gasteiger charge is 2.17. The molecule has 1 amide bonds. The van der Waals surface area contributed by atoms with E-state index in [1.165, 1.54) is 29.5 Å². The van der Waals surface area contributed by atoms with Gasteiger partial charge in [-0.3, -0.25) is 4.79 Å². The van der Waals surface area contributed by atoms with Crippen molar-refractivity contribution in [3.8, 4) is 11.5 Å². The molecule has 3 N–H and O–H groups in total. The van der Waals surface area contributed by atoms with E-state index in [9.17, 15) is 15.0 Å². The molecular formula is C16H20N2O3S. The van der Waals surface area contributed by atoms with Gasteiger partial charge in [0, 0.05) is 12.1 Å². The van der Waals surface area contributed by atoms with E-state index >= 15 is 0 Å². The van der Waals surface area contributed by atoms with Crippen LogP contribution in [0.3, 0.4) is 0 Å². The number of benzene rings is 1. The second-order valence-electron chi connectivity index (χ2n) is 5.60. The van der Waals surface area contributed by atoms with Crippen LogP contribution in [0.25, 0.3) is 0 Å². The average Bonchev–Trinajstić information content (AvgIpc) is 2.79. The number of nitrogens with zero attached hydrogens (tertiary/aromatic N) is 1. The van der Waals surface area contributed by atoms with Crippen molar-refractivity contribution in [1.29, 1.82) is 0 Å². The SMILES string of the molecule is Cc1nc(CC(C)C)c(C(=O)NCc2cc(O)ccc2O)s1. The number of phenolic OH excluding ortho intramolecular Hbond substituents is 2. The molecule has 5 nitrogen and oxygen atoms in total. The molecule has 0 atom stereocenters. The lowest BCUT2D eigenvalue weighted by Gasteiger charge is -2.08. The van der Waals surface area contributed by atoms with Crippen molar-refractivity contribution in [2.45, 2.75) is 33.7 Å². The zero-order valence-electron chi connectivity index (χ0n) is 12.9. The zero-order valence-corrected chi connectivity index (χ0v) is 13.7. The third-order valence-corrected chi connectivity index (χ3v) is 4.13. The fourth-order valence-corrected chi connectivity index (χ4v) is 3.00. The third kappa shape index (κ3) is 3.98. The van der Waals surface area contributed by atoms with E-state index < -0.39 is 0 Å². The maximum absolute atomic E-state index is 12.3. The van der Waals surface area contributed by atoms with Crippen molar-refractivity contribution in [3.05, 3.63) is 39.3 Å². The maximum Gasteiger partial charge on any atom is 0.263 e. The predicted octanol–water partition coefficient (Wildman–Crippen LogP) is 2.99. The monoisotopic (exact) mass is 320 g/mol. The fourth-order valence-electron chi connectivity index (χ4n) is 2.14. The molecule has 0 radical (unpaired) electrons. The molecule has 1 heterocycles. The summed E-state index contributed by atoms with van der Waals surface area (Å²) in [6.45, 7) is 6.20. The summed E-state index contributed by atoms with van der Waals surface area (Å²) in [5.74, 6) is 0.310. The summed E-state index contributed by atoms with van der Waals surface area (Å²) in [6, 6.07) is 4.23. The molecule has 0 aliphatic rings. The summed E-state index contributed by atoms with van der Waals surface area (Å²) in [5, 5.41) is 22.8. The van der Waals surface area contributed by atoms with Crippen molar-refractivity contribution >= 4 is 17.2 Å². The molecule has 22 heavy (non-hydrogen) atoms. The quantitative estimate of drug-likeness (QED) is 0.740. The topological polar surface area (TPSA) is 82.5 Å². The Balaban J connectivity index is 2.11. The molecule has 0 aliphatic carbocycles. The lowest BCUT2D eigenvalue weighted by Crippen LogP contribution is -2.23. The van der Waals surface area contributed by atoms with Gasteiger partial charge in [-0.2, -0.15) is 0 Å². The number of aryl methyl sites for hydroxylation is 1. The van der Waals surface area contributed by atoms with Gasteiger partial charge in [0.25, 0.3) is 5.91 Å². The van der Waals surface area contributed by atoms with Crippen LogP contribution in [0.1, 0.15) is 39.8 Å². The van der Waals surface area contributed by atoms with Crippen LogP contribution in [0.2, 0.25) is 0 Å². The molecule has 2 aromatic rings. The first-order valence-corrected chi connectivity index (χ1v) is 7.93. The lowest BCUT2D eigenvalue weighted by atomic mass is 10.1. The first-order valence-electron chi connectivity index (χ1n) is 7.12. The van der Waals surface area contributed by atoms with Crippen LogP contribution in [0.15, 0.2) is 18.2 Å². The number of rotatable bonds is 5. The average molecular weight is 320 g/mol. The minimum absolute atomic E-state index is 0.0426. The highest BCUT2D eigenvalue weighted by atomic mass is 32.1. The van der Waals surface area contributed by atoms with E-state index in [1.807, 2.05) is 6.92 Å². The van der Waals surface area contributed by atoms with Gasteiger partial charge in [-0.15, -0.1) is 11.3 Å². The highest BCUT2D eigenvalue weighted by Crippen LogP contribution is 2.23. The van der Waals surface area contributed by atoms with Gasteiger partial charge in [-0.05, 0) is 37.5 Å². The lowest BCUT2D eigenvalue weighted by molar-refractivity contribution is 0.0953. The summed E-state index contributed by atoms with van der Waals surface area (Å²) in [5.41, 5.74) is 1.29. The number of hydrogen-bond acceptors (Lipinski definition) is 5. The van der Waals surface area contributed by atoms with Crippen molar-refractivity contribution in [2.24, 2.45) is 5.92 Å². The number of carbonyl (C=O) groups excluding carboxylic acids is 1. The Hall–Kier alpha value is -2.08. The van der Waals surface area contributed by atoms with Crippen molar-refractivity contribution < 1.29 is 15.0 Å². The Morgan fingerprint density at radius 2 is 2.09 bits per heavy atom. The molecule has 2 rings (SSSR count). The van der Waals surface area contributed by atoms with Gasteiger partial charge >= 0.3 is 0 Å². The van der Waals surface area contributed by atoms with Crippen LogP contribution >= 0.6 is 11.3 Å². The number of hydrogen-bond donors (Lipinski definition) is 3. The van der Waals surface area contributed by atoms with Crippen molar-refractivity contribution in [3.63, 3.8) is 0 Å². The van der Waals surface area contributed by atoms with Crippen LogP contribution in [-0.4, -0.2) is 21.1 Å².